The quantitative estimate of drug-likeness (QED) is 0.137. The molecular weight excluding hydrogens is 580 g/mol. The van der Waals surface area contributed by atoms with Gasteiger partial charge < -0.3 is 45.6 Å². The first-order valence-corrected chi connectivity index (χ1v) is 15.9. The fourth-order valence-corrected chi connectivity index (χ4v) is 5.24. The van der Waals surface area contributed by atoms with Gasteiger partial charge in [-0.3, -0.25) is 9.59 Å². The van der Waals surface area contributed by atoms with Crippen LogP contribution in [0.4, 0.5) is 0 Å². The Morgan fingerprint density at radius 2 is 1.47 bits per heavy atom. The number of hydrogen-bond donors (Lipinski definition) is 7. The summed E-state index contributed by atoms with van der Waals surface area (Å²) in [5, 5.41) is 57.7. The fourth-order valence-electron chi connectivity index (χ4n) is 5.24. The van der Waals surface area contributed by atoms with E-state index in [4.69, 9.17) is 9.47 Å². The Hall–Kier alpha value is -2.90. The van der Waals surface area contributed by atoms with Gasteiger partial charge in [-0.2, -0.15) is 0 Å². The van der Waals surface area contributed by atoms with Gasteiger partial charge in [0.15, 0.2) is 5.79 Å². The average Bonchev–Trinajstić information content (AvgIpc) is 3.05. The van der Waals surface area contributed by atoms with Crippen LogP contribution in [0.2, 0.25) is 0 Å². The van der Waals surface area contributed by atoms with E-state index in [1.54, 1.807) is 24.3 Å². The second-order valence-electron chi connectivity index (χ2n) is 11.9. The monoisotopic (exact) mass is 630 g/mol. The van der Waals surface area contributed by atoms with Gasteiger partial charge in [-0.1, -0.05) is 51.0 Å². The third-order valence-electron chi connectivity index (χ3n) is 8.19. The molecule has 1 heterocycles. The molecule has 2 amide bonds. The van der Waals surface area contributed by atoms with Crippen molar-refractivity contribution in [1.82, 2.24) is 10.6 Å². The van der Waals surface area contributed by atoms with Gasteiger partial charge in [0.25, 0.3) is 11.8 Å². The van der Waals surface area contributed by atoms with Gasteiger partial charge >= 0.3 is 0 Å². The standard InChI is InChI=1S/C34H50N2O9/c1-4-6-8-23-10-14-25(15-11-23)32(42)35-19-29-31(41)28(39)18-34(21-37,45-29)44-20-27(30(40)22(3)38)36-33(43)26-16-12-24(13-17-26)9-7-5-2/h10-17,22,27-31,37-41H,4-9,18-21H2,1-3H3,(H,35,42)(H,36,43)/t22-,27+,28?,29?,30-,31-,34?/m1/s1. The van der Waals surface area contributed by atoms with Gasteiger partial charge in [-0.25, -0.2) is 0 Å². The van der Waals surface area contributed by atoms with Crippen LogP contribution >= 0.6 is 0 Å². The number of carbonyl (C=O) groups excluding carboxylic acids is 2. The number of rotatable bonds is 17. The molecule has 7 N–H and O–H groups in total. The SMILES string of the molecule is CCCCc1ccc(C(=O)NCC2OC(CO)(OC[C@H](NC(=O)c3ccc(CCCC)cc3)[C@H](O)[C@@H](C)O)CC(O)[C@H]2O)cc1. The molecule has 7 atom stereocenters. The zero-order chi connectivity index (χ0) is 33.0. The Morgan fingerprint density at radius 1 is 0.933 bits per heavy atom. The van der Waals surface area contributed by atoms with Crippen molar-refractivity contribution in [2.24, 2.45) is 0 Å². The summed E-state index contributed by atoms with van der Waals surface area (Å²) >= 11 is 0. The number of aliphatic hydroxyl groups is 5. The zero-order valence-electron chi connectivity index (χ0n) is 26.5. The summed E-state index contributed by atoms with van der Waals surface area (Å²) in [6.07, 6.45) is -0.851. The molecular formula is C34H50N2O9. The van der Waals surface area contributed by atoms with Crippen LogP contribution in [0, 0.1) is 0 Å². The first-order chi connectivity index (χ1) is 21.5. The lowest BCUT2D eigenvalue weighted by Gasteiger charge is -2.45. The highest BCUT2D eigenvalue weighted by atomic mass is 16.7. The van der Waals surface area contributed by atoms with Crippen molar-refractivity contribution in [3.63, 3.8) is 0 Å². The van der Waals surface area contributed by atoms with Crippen LogP contribution in [-0.4, -0.2) is 99.5 Å². The Bertz CT molecular complexity index is 1190. The number of nitrogens with one attached hydrogen (secondary N) is 2. The molecule has 1 saturated heterocycles. The van der Waals surface area contributed by atoms with Crippen molar-refractivity contribution in [2.75, 3.05) is 19.8 Å². The summed E-state index contributed by atoms with van der Waals surface area (Å²) in [5.74, 6) is -2.72. The predicted octanol–water partition coefficient (Wildman–Crippen LogP) is 1.86. The minimum Gasteiger partial charge on any atom is -0.391 e. The molecule has 0 aliphatic carbocycles. The Labute approximate surface area is 265 Å². The van der Waals surface area contributed by atoms with E-state index >= 15 is 0 Å². The summed E-state index contributed by atoms with van der Waals surface area (Å²) in [6, 6.07) is 13.2. The Balaban J connectivity index is 1.65. The number of amides is 2. The number of unbranched alkanes of at least 4 members (excludes halogenated alkanes) is 2. The highest BCUT2D eigenvalue weighted by Gasteiger charge is 2.47. The number of carbonyl (C=O) groups is 2. The summed E-state index contributed by atoms with van der Waals surface area (Å²) in [7, 11) is 0. The molecule has 0 radical (unpaired) electrons. The van der Waals surface area contributed by atoms with Crippen molar-refractivity contribution in [2.45, 2.75) is 108 Å². The summed E-state index contributed by atoms with van der Waals surface area (Å²) in [4.78, 5) is 25.8. The van der Waals surface area contributed by atoms with Crippen LogP contribution in [0.1, 0.15) is 84.7 Å². The van der Waals surface area contributed by atoms with Crippen LogP contribution in [0.25, 0.3) is 0 Å². The van der Waals surface area contributed by atoms with Gasteiger partial charge in [0.1, 0.15) is 18.3 Å². The molecule has 1 aliphatic heterocycles. The molecule has 0 spiro atoms. The van der Waals surface area contributed by atoms with E-state index in [9.17, 15) is 35.1 Å². The molecule has 2 aromatic carbocycles. The lowest BCUT2D eigenvalue weighted by atomic mass is 9.95. The maximum absolute atomic E-state index is 13.0. The molecule has 0 bridgehead atoms. The third kappa shape index (κ3) is 10.6. The van der Waals surface area contributed by atoms with Crippen LogP contribution in [-0.2, 0) is 22.3 Å². The summed E-state index contributed by atoms with van der Waals surface area (Å²) < 4.78 is 11.8. The van der Waals surface area contributed by atoms with Gasteiger partial charge in [-0.05, 0) is 68.0 Å². The van der Waals surface area contributed by atoms with E-state index in [-0.39, 0.29) is 13.0 Å². The third-order valence-corrected chi connectivity index (χ3v) is 8.19. The van der Waals surface area contributed by atoms with Gasteiger partial charge in [0, 0.05) is 24.1 Å². The van der Waals surface area contributed by atoms with Crippen LogP contribution in [0.3, 0.4) is 0 Å². The highest BCUT2D eigenvalue weighted by molar-refractivity contribution is 5.94. The predicted molar refractivity (Wildman–Crippen MR) is 169 cm³/mol. The van der Waals surface area contributed by atoms with Crippen molar-refractivity contribution in [1.29, 1.82) is 0 Å². The fraction of sp³-hybridized carbons (Fsp3) is 0.588. The molecule has 1 fully saturated rings. The van der Waals surface area contributed by atoms with E-state index in [0.29, 0.717) is 11.1 Å². The molecule has 1 aliphatic rings. The van der Waals surface area contributed by atoms with Gasteiger partial charge in [-0.15, -0.1) is 0 Å². The Morgan fingerprint density at radius 3 is 1.96 bits per heavy atom. The maximum Gasteiger partial charge on any atom is 0.251 e. The lowest BCUT2D eigenvalue weighted by molar-refractivity contribution is -0.330. The largest absolute Gasteiger partial charge is 0.391 e. The summed E-state index contributed by atoms with van der Waals surface area (Å²) in [6.45, 7) is 4.26. The molecule has 2 aromatic rings. The van der Waals surface area contributed by atoms with Crippen LogP contribution in [0.15, 0.2) is 48.5 Å². The van der Waals surface area contributed by atoms with E-state index < -0.39 is 67.4 Å². The van der Waals surface area contributed by atoms with E-state index in [0.717, 1.165) is 49.7 Å². The molecule has 250 valence electrons. The first kappa shape index (κ1) is 36.6. The molecule has 0 saturated carbocycles. The minimum atomic E-state index is -1.82. The molecule has 11 heteroatoms. The molecule has 45 heavy (non-hydrogen) atoms. The van der Waals surface area contributed by atoms with Crippen LogP contribution in [0.5, 0.6) is 0 Å². The van der Waals surface area contributed by atoms with Gasteiger partial charge in [0.05, 0.1) is 31.5 Å². The van der Waals surface area contributed by atoms with Crippen molar-refractivity contribution >= 4 is 11.8 Å². The van der Waals surface area contributed by atoms with E-state index in [1.165, 1.54) is 6.92 Å². The lowest BCUT2D eigenvalue weighted by Crippen LogP contribution is -2.61. The minimum absolute atomic E-state index is 0.190. The number of benzene rings is 2. The highest BCUT2D eigenvalue weighted by Crippen LogP contribution is 2.31. The number of aliphatic hydroxyl groups excluding tert-OH is 5. The van der Waals surface area contributed by atoms with Crippen molar-refractivity contribution in [3.05, 3.63) is 70.8 Å². The molecule has 11 nitrogen and oxygen atoms in total. The molecule has 0 aromatic heterocycles. The number of ether oxygens (including phenoxy) is 2. The zero-order valence-corrected chi connectivity index (χ0v) is 26.5. The van der Waals surface area contributed by atoms with Crippen LogP contribution < -0.4 is 10.6 Å². The normalized spacial score (nSPS) is 23.6. The smallest absolute Gasteiger partial charge is 0.251 e. The average molecular weight is 631 g/mol. The number of aryl methyl sites for hydroxylation is 2. The molecule has 3 unspecified atom stereocenters. The van der Waals surface area contributed by atoms with Gasteiger partial charge in [0.2, 0.25) is 0 Å². The van der Waals surface area contributed by atoms with E-state index in [2.05, 4.69) is 24.5 Å². The Kier molecular flexibility index (Phi) is 14.4. The second kappa shape index (κ2) is 17.7. The molecule has 3 rings (SSSR count). The second-order valence-corrected chi connectivity index (χ2v) is 11.9. The number of hydrogen-bond acceptors (Lipinski definition) is 9. The topological polar surface area (TPSA) is 178 Å². The maximum atomic E-state index is 13.0. The van der Waals surface area contributed by atoms with Crippen molar-refractivity contribution in [3.8, 4) is 0 Å². The first-order valence-electron chi connectivity index (χ1n) is 15.9. The van der Waals surface area contributed by atoms with Crippen molar-refractivity contribution < 1.29 is 44.6 Å². The summed E-state index contributed by atoms with van der Waals surface area (Å²) in [5.41, 5.74) is 3.01. The van der Waals surface area contributed by atoms with E-state index in [1.807, 2.05) is 24.3 Å².